The molecule has 1 heterocycles. The molecule has 1 aliphatic heterocycles. The van der Waals surface area contributed by atoms with Gasteiger partial charge in [0.2, 0.25) is 0 Å². The molecular weight excluding hydrogens is 324 g/mol. The Kier molecular flexibility index (Phi) is 4.14. The largest absolute Gasteiger partial charge is 0.478 e. The molecule has 1 fully saturated rings. The number of hydrogen-bond donors (Lipinski definition) is 2. The molecule has 0 spiro atoms. The molecule has 0 aromatic heterocycles. The number of carbonyl (C=O) groups is 2. The number of thiocarbonyl (C=S) groups is 1. The molecule has 0 atom stereocenters. The summed E-state index contributed by atoms with van der Waals surface area (Å²) < 4.78 is 0. The van der Waals surface area contributed by atoms with Gasteiger partial charge in [-0.1, -0.05) is 29.8 Å². The molecule has 1 amide bonds. The van der Waals surface area contributed by atoms with E-state index in [0.717, 1.165) is 5.56 Å². The van der Waals surface area contributed by atoms with Gasteiger partial charge in [-0.2, -0.15) is 0 Å². The van der Waals surface area contributed by atoms with Crippen molar-refractivity contribution >= 4 is 41.0 Å². The highest BCUT2D eigenvalue weighted by atomic mass is 32.1. The summed E-state index contributed by atoms with van der Waals surface area (Å²) in [5, 5.41) is 12.1. The minimum Gasteiger partial charge on any atom is -0.478 e. The van der Waals surface area contributed by atoms with Crippen LogP contribution in [0.2, 0.25) is 0 Å². The summed E-state index contributed by atoms with van der Waals surface area (Å²) in [6.07, 6.45) is 1.65. The van der Waals surface area contributed by atoms with Gasteiger partial charge in [0.15, 0.2) is 5.11 Å². The Bertz CT molecular complexity index is 855. The third-order valence-electron chi connectivity index (χ3n) is 3.64. The van der Waals surface area contributed by atoms with Gasteiger partial charge < -0.3 is 10.4 Å². The van der Waals surface area contributed by atoms with Crippen molar-refractivity contribution in [2.75, 3.05) is 4.90 Å². The highest BCUT2D eigenvalue weighted by molar-refractivity contribution is 7.80. The lowest BCUT2D eigenvalue weighted by Gasteiger charge is -2.13. The number of anilines is 1. The number of carbonyl (C=O) groups excluding carboxylic acids is 1. The maximum Gasteiger partial charge on any atom is 0.335 e. The van der Waals surface area contributed by atoms with Crippen LogP contribution in [0.25, 0.3) is 6.08 Å². The van der Waals surface area contributed by atoms with Crippen LogP contribution in [0.3, 0.4) is 0 Å². The van der Waals surface area contributed by atoms with Gasteiger partial charge in [0, 0.05) is 0 Å². The number of nitrogens with zero attached hydrogens (tertiary/aromatic N) is 1. The number of hydrogen-bond acceptors (Lipinski definition) is 3. The maximum atomic E-state index is 12.6. The van der Waals surface area contributed by atoms with Crippen molar-refractivity contribution in [1.82, 2.24) is 5.32 Å². The smallest absolute Gasteiger partial charge is 0.335 e. The predicted octanol–water partition coefficient (Wildman–Crippen LogP) is 2.96. The lowest BCUT2D eigenvalue weighted by atomic mass is 10.1. The Morgan fingerprint density at radius 1 is 1.12 bits per heavy atom. The van der Waals surface area contributed by atoms with Crippen LogP contribution >= 0.6 is 12.2 Å². The summed E-state index contributed by atoms with van der Waals surface area (Å²) >= 11 is 5.26. The number of aryl methyl sites for hydroxylation is 1. The molecule has 2 N–H and O–H groups in total. The van der Waals surface area contributed by atoms with Crippen LogP contribution in [0.1, 0.15) is 21.5 Å². The van der Waals surface area contributed by atoms with Crippen molar-refractivity contribution in [1.29, 1.82) is 0 Å². The third-order valence-corrected chi connectivity index (χ3v) is 3.92. The van der Waals surface area contributed by atoms with E-state index >= 15 is 0 Å². The lowest BCUT2D eigenvalue weighted by molar-refractivity contribution is -0.113. The summed E-state index contributed by atoms with van der Waals surface area (Å²) in [4.78, 5) is 24.9. The van der Waals surface area contributed by atoms with E-state index in [0.29, 0.717) is 22.1 Å². The summed E-state index contributed by atoms with van der Waals surface area (Å²) in [5.41, 5.74) is 3.05. The van der Waals surface area contributed by atoms with Crippen molar-refractivity contribution in [2.45, 2.75) is 6.92 Å². The predicted molar refractivity (Wildman–Crippen MR) is 95.8 cm³/mol. The van der Waals surface area contributed by atoms with E-state index in [1.54, 1.807) is 18.2 Å². The summed E-state index contributed by atoms with van der Waals surface area (Å²) in [7, 11) is 0. The summed E-state index contributed by atoms with van der Waals surface area (Å²) in [6.45, 7) is 1.97. The van der Waals surface area contributed by atoms with E-state index < -0.39 is 5.97 Å². The second-order valence-corrected chi connectivity index (χ2v) is 5.78. The third kappa shape index (κ3) is 3.04. The van der Waals surface area contributed by atoms with Gasteiger partial charge in [-0.15, -0.1) is 0 Å². The van der Waals surface area contributed by atoms with Crippen LogP contribution in [0, 0.1) is 6.92 Å². The molecule has 24 heavy (non-hydrogen) atoms. The van der Waals surface area contributed by atoms with Crippen molar-refractivity contribution in [3.8, 4) is 0 Å². The van der Waals surface area contributed by atoms with Crippen LogP contribution in [0.5, 0.6) is 0 Å². The van der Waals surface area contributed by atoms with E-state index in [9.17, 15) is 9.59 Å². The number of carboxylic acid groups (broad SMARTS) is 1. The number of rotatable bonds is 3. The van der Waals surface area contributed by atoms with Gasteiger partial charge in [-0.25, -0.2) is 4.79 Å². The van der Waals surface area contributed by atoms with Crippen molar-refractivity contribution in [2.24, 2.45) is 0 Å². The average Bonchev–Trinajstić information content (AvgIpc) is 2.83. The molecular formula is C18H14N2O3S. The van der Waals surface area contributed by atoms with Gasteiger partial charge >= 0.3 is 5.97 Å². The van der Waals surface area contributed by atoms with Crippen LogP contribution in [0.15, 0.2) is 54.2 Å². The van der Waals surface area contributed by atoms with Crippen LogP contribution < -0.4 is 10.2 Å². The quantitative estimate of drug-likeness (QED) is 0.665. The Balaban J connectivity index is 1.87. The highest BCUT2D eigenvalue weighted by Crippen LogP contribution is 2.23. The minimum absolute atomic E-state index is 0.194. The SMILES string of the molecule is Cc1ccc(N2C(=O)/C(=C\c3ccc(C(=O)O)cc3)NC2=S)cc1. The fourth-order valence-electron chi connectivity index (χ4n) is 2.35. The minimum atomic E-state index is -0.990. The number of nitrogens with one attached hydrogen (secondary N) is 1. The second kappa shape index (κ2) is 6.25. The van der Waals surface area contributed by atoms with E-state index in [2.05, 4.69) is 5.32 Å². The molecule has 2 aromatic carbocycles. The Morgan fingerprint density at radius 3 is 2.33 bits per heavy atom. The zero-order chi connectivity index (χ0) is 17.3. The van der Waals surface area contributed by atoms with Crippen LogP contribution in [0.4, 0.5) is 5.69 Å². The van der Waals surface area contributed by atoms with E-state index in [1.807, 2.05) is 31.2 Å². The molecule has 120 valence electrons. The topological polar surface area (TPSA) is 69.6 Å². The molecule has 0 bridgehead atoms. The standard InChI is InChI=1S/C18H14N2O3S/c1-11-2-8-14(9-3-11)20-16(21)15(19-18(20)24)10-12-4-6-13(7-5-12)17(22)23/h2-10H,1H3,(H,19,24)(H,22,23)/b15-10+. The van der Waals surface area contributed by atoms with E-state index in [-0.39, 0.29) is 11.5 Å². The Hall–Kier alpha value is -2.99. The first-order valence-corrected chi connectivity index (χ1v) is 7.64. The Labute approximate surface area is 144 Å². The molecule has 3 rings (SSSR count). The van der Waals surface area contributed by atoms with Crippen molar-refractivity contribution in [3.05, 3.63) is 70.9 Å². The molecule has 1 aliphatic rings. The molecule has 2 aromatic rings. The monoisotopic (exact) mass is 338 g/mol. The summed E-state index contributed by atoms with van der Waals surface area (Å²) in [5.74, 6) is -1.23. The van der Waals surface area contributed by atoms with Gasteiger partial charge in [0.25, 0.3) is 5.91 Å². The molecule has 5 nitrogen and oxygen atoms in total. The normalized spacial score (nSPS) is 15.7. The molecule has 1 saturated heterocycles. The number of aromatic carboxylic acids is 1. The maximum absolute atomic E-state index is 12.6. The van der Waals surface area contributed by atoms with Gasteiger partial charge in [-0.05, 0) is 55.0 Å². The van der Waals surface area contributed by atoms with Gasteiger partial charge in [0.1, 0.15) is 5.70 Å². The number of benzene rings is 2. The first-order valence-electron chi connectivity index (χ1n) is 7.23. The molecule has 6 heteroatoms. The van der Waals surface area contributed by atoms with Crippen molar-refractivity contribution < 1.29 is 14.7 Å². The lowest BCUT2D eigenvalue weighted by Crippen LogP contribution is -2.30. The first kappa shape index (κ1) is 15.9. The van der Waals surface area contributed by atoms with Crippen molar-refractivity contribution in [3.63, 3.8) is 0 Å². The second-order valence-electron chi connectivity index (χ2n) is 5.39. The molecule has 0 radical (unpaired) electrons. The molecule has 0 aliphatic carbocycles. The summed E-state index contributed by atoms with van der Waals surface area (Å²) in [6, 6.07) is 13.8. The fraction of sp³-hybridized carbons (Fsp3) is 0.0556. The van der Waals surface area contributed by atoms with Gasteiger partial charge in [-0.3, -0.25) is 9.69 Å². The zero-order valence-corrected chi connectivity index (χ0v) is 13.6. The fourth-order valence-corrected chi connectivity index (χ4v) is 2.65. The molecule has 0 unspecified atom stereocenters. The Morgan fingerprint density at radius 2 is 1.75 bits per heavy atom. The van der Waals surface area contributed by atoms with E-state index in [4.69, 9.17) is 17.3 Å². The first-order chi connectivity index (χ1) is 11.5. The highest BCUT2D eigenvalue weighted by Gasteiger charge is 2.31. The number of amides is 1. The number of carboxylic acids is 1. The average molecular weight is 338 g/mol. The van der Waals surface area contributed by atoms with Crippen LogP contribution in [-0.4, -0.2) is 22.1 Å². The van der Waals surface area contributed by atoms with Crippen LogP contribution in [-0.2, 0) is 4.79 Å². The zero-order valence-electron chi connectivity index (χ0n) is 12.8. The van der Waals surface area contributed by atoms with Gasteiger partial charge in [0.05, 0.1) is 11.3 Å². The van der Waals surface area contributed by atoms with E-state index in [1.165, 1.54) is 17.0 Å². The molecule has 0 saturated carbocycles.